The molecule has 1 aliphatic carbocycles. The summed E-state index contributed by atoms with van der Waals surface area (Å²) in [5.74, 6) is 0.393. The monoisotopic (exact) mass is 384 g/mol. The minimum atomic E-state index is -0.822. The molecule has 5 atom stereocenters. The van der Waals surface area contributed by atoms with Crippen molar-refractivity contribution in [1.29, 1.82) is 0 Å². The molecule has 0 spiro atoms. The first-order valence-corrected chi connectivity index (χ1v) is 9.45. The Labute approximate surface area is 150 Å². The Balaban J connectivity index is 2.91. The molecule has 0 saturated carbocycles. The summed E-state index contributed by atoms with van der Waals surface area (Å²) < 4.78 is 0. The first-order chi connectivity index (χ1) is 10.5. The molecule has 0 aliphatic heterocycles. The second kappa shape index (κ2) is 8.13. The molecule has 0 fully saturated rings. The second-order valence-corrected chi connectivity index (χ2v) is 8.82. The molecule has 132 valence electrons. The fourth-order valence-electron chi connectivity index (χ4n) is 3.56. The summed E-state index contributed by atoms with van der Waals surface area (Å²) in [6.45, 7) is 15.8. The van der Waals surface area contributed by atoms with Crippen molar-refractivity contribution in [2.24, 2.45) is 11.3 Å². The average molecular weight is 385 g/mol. The molecular weight excluding hydrogens is 352 g/mol. The van der Waals surface area contributed by atoms with Crippen molar-refractivity contribution in [1.82, 2.24) is 0 Å². The van der Waals surface area contributed by atoms with Crippen molar-refractivity contribution in [2.75, 3.05) is 0 Å². The van der Waals surface area contributed by atoms with E-state index in [2.05, 4.69) is 49.0 Å². The van der Waals surface area contributed by atoms with E-state index in [1.165, 1.54) is 5.57 Å². The van der Waals surface area contributed by atoms with E-state index < -0.39 is 11.7 Å². The van der Waals surface area contributed by atoms with Gasteiger partial charge in [0.1, 0.15) is 0 Å². The van der Waals surface area contributed by atoms with Crippen molar-refractivity contribution in [3.63, 3.8) is 0 Å². The zero-order chi connectivity index (χ0) is 17.8. The largest absolute Gasteiger partial charge is 0.389 e. The molecule has 1 aliphatic rings. The highest BCUT2D eigenvalue weighted by atomic mass is 79.9. The van der Waals surface area contributed by atoms with Crippen LogP contribution in [0.25, 0.3) is 0 Å². The summed E-state index contributed by atoms with van der Waals surface area (Å²) in [6.07, 6.45) is 7.80. The van der Waals surface area contributed by atoms with E-state index in [-0.39, 0.29) is 5.41 Å². The first kappa shape index (κ1) is 20.7. The van der Waals surface area contributed by atoms with Gasteiger partial charge in [-0.3, -0.25) is 0 Å². The number of halogens is 1. The van der Waals surface area contributed by atoms with Gasteiger partial charge in [-0.2, -0.15) is 0 Å². The molecule has 0 heterocycles. The van der Waals surface area contributed by atoms with E-state index in [1.807, 2.05) is 13.8 Å². The Kier molecular flexibility index (Phi) is 7.31. The van der Waals surface area contributed by atoms with Crippen LogP contribution in [0.5, 0.6) is 0 Å². The van der Waals surface area contributed by atoms with Gasteiger partial charge < -0.3 is 10.2 Å². The molecule has 0 aromatic carbocycles. The predicted molar refractivity (Wildman–Crippen MR) is 103 cm³/mol. The molecule has 2 N–H and O–H groups in total. The van der Waals surface area contributed by atoms with E-state index >= 15 is 0 Å². The number of hydrogen-bond donors (Lipinski definition) is 2. The quantitative estimate of drug-likeness (QED) is 0.448. The van der Waals surface area contributed by atoms with Crippen LogP contribution in [-0.2, 0) is 0 Å². The van der Waals surface area contributed by atoms with E-state index in [1.54, 1.807) is 6.08 Å². The number of hydrogen-bond acceptors (Lipinski definition) is 2. The third kappa shape index (κ3) is 5.30. The number of rotatable bonds is 8. The number of alkyl halides is 1. The van der Waals surface area contributed by atoms with Crippen LogP contribution in [0, 0.1) is 11.3 Å². The topological polar surface area (TPSA) is 40.5 Å². The lowest BCUT2D eigenvalue weighted by Crippen LogP contribution is -2.41. The molecule has 2 nitrogen and oxygen atoms in total. The smallest absolute Gasteiger partial charge is 0.0797 e. The van der Waals surface area contributed by atoms with Gasteiger partial charge in [-0.05, 0) is 64.2 Å². The van der Waals surface area contributed by atoms with Gasteiger partial charge in [-0.15, -0.1) is 6.58 Å². The minimum Gasteiger partial charge on any atom is -0.389 e. The minimum absolute atomic E-state index is 0.0620. The maximum Gasteiger partial charge on any atom is 0.0797 e. The van der Waals surface area contributed by atoms with Gasteiger partial charge >= 0.3 is 0 Å². The van der Waals surface area contributed by atoms with E-state index in [4.69, 9.17) is 0 Å². The molecular formula is C20H33BrO2. The summed E-state index contributed by atoms with van der Waals surface area (Å²) >= 11 is 3.87. The number of allylic oxidation sites excluding steroid dienone is 2. The fourth-order valence-corrected chi connectivity index (χ4v) is 4.30. The van der Waals surface area contributed by atoms with Crippen LogP contribution in [-0.4, -0.2) is 26.7 Å². The third-order valence-corrected chi connectivity index (χ3v) is 7.03. The van der Waals surface area contributed by atoms with Crippen molar-refractivity contribution in [3.05, 3.63) is 36.5 Å². The van der Waals surface area contributed by atoms with Gasteiger partial charge in [-0.1, -0.05) is 52.7 Å². The van der Waals surface area contributed by atoms with Crippen LogP contribution in [0.4, 0.5) is 0 Å². The SMILES string of the molecule is C=C[C@](C)(O)CC[C@@H]1C(C)=CC[C@@H](Br)[C@]1(C)CC[C@@H](O)C(=C)C. The Bertz CT molecular complexity index is 466. The van der Waals surface area contributed by atoms with Crippen molar-refractivity contribution in [3.8, 4) is 0 Å². The van der Waals surface area contributed by atoms with Crippen molar-refractivity contribution < 1.29 is 10.2 Å². The summed E-state index contributed by atoms with van der Waals surface area (Å²) in [6, 6.07) is 0. The van der Waals surface area contributed by atoms with Crippen LogP contribution in [0.2, 0.25) is 0 Å². The zero-order valence-corrected chi connectivity index (χ0v) is 16.7. The molecule has 3 heteroatoms. The van der Waals surface area contributed by atoms with Gasteiger partial charge in [0, 0.05) is 4.83 Å². The summed E-state index contributed by atoms with van der Waals surface area (Å²) in [7, 11) is 0. The number of aliphatic hydroxyl groups is 2. The van der Waals surface area contributed by atoms with Crippen LogP contribution in [0.15, 0.2) is 36.5 Å². The maximum absolute atomic E-state index is 10.3. The fraction of sp³-hybridized carbons (Fsp3) is 0.700. The van der Waals surface area contributed by atoms with Gasteiger partial charge in [0.2, 0.25) is 0 Å². The summed E-state index contributed by atoms with van der Waals surface area (Å²) in [5.41, 5.74) is 1.46. The Hall–Kier alpha value is -0.380. The van der Waals surface area contributed by atoms with Crippen LogP contribution in [0.1, 0.15) is 59.8 Å². The summed E-state index contributed by atoms with van der Waals surface area (Å²) in [5, 5.41) is 20.4. The number of aliphatic hydroxyl groups excluding tert-OH is 1. The predicted octanol–water partition coefficient (Wildman–Crippen LogP) is 5.16. The van der Waals surface area contributed by atoms with Crippen molar-refractivity contribution >= 4 is 15.9 Å². The Morgan fingerprint density at radius 1 is 1.61 bits per heavy atom. The van der Waals surface area contributed by atoms with Gasteiger partial charge in [-0.25, -0.2) is 0 Å². The lowest BCUT2D eigenvalue weighted by Gasteiger charge is -2.46. The highest BCUT2D eigenvalue weighted by molar-refractivity contribution is 9.09. The standard InChI is InChI=1S/C20H33BrO2/c1-7-19(5,23)12-10-16-15(4)8-9-18(21)20(16,6)13-11-17(22)14(2)3/h7-8,16-18,22-23H,1-2,9-13H2,3-6H3/t16-,17-,18-,19+,20-/m1/s1. The zero-order valence-electron chi connectivity index (χ0n) is 15.1. The Morgan fingerprint density at radius 2 is 2.22 bits per heavy atom. The van der Waals surface area contributed by atoms with Crippen LogP contribution in [0.3, 0.4) is 0 Å². The van der Waals surface area contributed by atoms with E-state index in [0.29, 0.717) is 17.2 Å². The molecule has 0 radical (unpaired) electrons. The first-order valence-electron chi connectivity index (χ1n) is 8.53. The third-order valence-electron chi connectivity index (χ3n) is 5.61. The lowest BCUT2D eigenvalue weighted by molar-refractivity contribution is 0.0735. The van der Waals surface area contributed by atoms with E-state index in [9.17, 15) is 10.2 Å². The molecule has 0 unspecified atom stereocenters. The molecule has 0 aromatic rings. The Morgan fingerprint density at radius 3 is 2.74 bits per heavy atom. The second-order valence-electron chi connectivity index (χ2n) is 7.71. The highest BCUT2D eigenvalue weighted by Crippen LogP contribution is 2.50. The normalized spacial score (nSPS) is 31.9. The average Bonchev–Trinajstić information content (AvgIpc) is 2.48. The maximum atomic E-state index is 10.3. The molecule has 0 bridgehead atoms. The molecule has 1 rings (SSSR count). The highest BCUT2D eigenvalue weighted by Gasteiger charge is 2.43. The van der Waals surface area contributed by atoms with Gasteiger partial charge in [0.05, 0.1) is 11.7 Å². The van der Waals surface area contributed by atoms with Crippen LogP contribution >= 0.6 is 15.9 Å². The van der Waals surface area contributed by atoms with Gasteiger partial charge in [0.15, 0.2) is 0 Å². The lowest BCUT2D eigenvalue weighted by atomic mass is 9.62. The molecule has 23 heavy (non-hydrogen) atoms. The van der Waals surface area contributed by atoms with E-state index in [0.717, 1.165) is 31.3 Å². The summed E-state index contributed by atoms with van der Waals surface area (Å²) in [4.78, 5) is 0.384. The van der Waals surface area contributed by atoms with Crippen molar-refractivity contribution in [2.45, 2.75) is 76.3 Å². The molecule has 0 amide bonds. The van der Waals surface area contributed by atoms with Gasteiger partial charge in [0.25, 0.3) is 0 Å². The molecule has 0 saturated heterocycles. The molecule has 0 aromatic heterocycles. The van der Waals surface area contributed by atoms with Crippen LogP contribution < -0.4 is 0 Å².